The Morgan fingerprint density at radius 1 is 0.760 bits per heavy atom. The van der Waals surface area contributed by atoms with Gasteiger partial charge in [-0.25, -0.2) is 4.99 Å². The molecule has 122 valence electrons. The minimum atomic E-state index is 0.367. The molecule has 0 unspecified atom stereocenters. The SMILES string of the molecule is c1ccc(OCC2=NNC(c3ccccc3)=Nc3ccccc32)cc1. The summed E-state index contributed by atoms with van der Waals surface area (Å²) in [6.45, 7) is 0.367. The zero-order valence-corrected chi connectivity index (χ0v) is 13.6. The van der Waals surface area contributed by atoms with E-state index in [2.05, 4.69) is 10.5 Å². The van der Waals surface area contributed by atoms with Crippen LogP contribution in [0.4, 0.5) is 5.69 Å². The highest BCUT2D eigenvalue weighted by Crippen LogP contribution is 2.23. The fourth-order valence-corrected chi connectivity index (χ4v) is 2.64. The second-order valence-electron chi connectivity index (χ2n) is 5.62. The van der Waals surface area contributed by atoms with Gasteiger partial charge in [0.05, 0.1) is 5.69 Å². The summed E-state index contributed by atoms with van der Waals surface area (Å²) in [6, 6.07) is 27.7. The van der Waals surface area contributed by atoms with E-state index in [0.717, 1.165) is 34.1 Å². The average Bonchev–Trinajstić information content (AvgIpc) is 2.87. The third kappa shape index (κ3) is 3.43. The second kappa shape index (κ2) is 7.01. The number of aliphatic imine (C=N–C) groups is 1. The molecule has 0 aromatic heterocycles. The summed E-state index contributed by atoms with van der Waals surface area (Å²) in [4.78, 5) is 4.75. The average molecular weight is 327 g/mol. The van der Waals surface area contributed by atoms with E-state index >= 15 is 0 Å². The maximum absolute atomic E-state index is 5.88. The Balaban J connectivity index is 1.65. The molecule has 0 saturated heterocycles. The van der Waals surface area contributed by atoms with Crippen molar-refractivity contribution in [3.05, 3.63) is 96.1 Å². The van der Waals surface area contributed by atoms with Crippen molar-refractivity contribution >= 4 is 17.2 Å². The summed E-state index contributed by atoms with van der Waals surface area (Å²) in [5, 5.41) is 4.55. The van der Waals surface area contributed by atoms with Gasteiger partial charge in [-0.2, -0.15) is 5.10 Å². The molecule has 1 aliphatic rings. The minimum Gasteiger partial charge on any atom is -0.487 e. The van der Waals surface area contributed by atoms with Gasteiger partial charge in [0.25, 0.3) is 0 Å². The highest BCUT2D eigenvalue weighted by molar-refractivity contribution is 6.10. The van der Waals surface area contributed by atoms with Crippen molar-refractivity contribution in [1.29, 1.82) is 0 Å². The van der Waals surface area contributed by atoms with Crippen molar-refractivity contribution in [3.8, 4) is 5.75 Å². The summed E-state index contributed by atoms with van der Waals surface area (Å²) in [5.74, 6) is 1.54. The van der Waals surface area contributed by atoms with Gasteiger partial charge in [-0.05, 0) is 18.2 Å². The topological polar surface area (TPSA) is 46.0 Å². The lowest BCUT2D eigenvalue weighted by Crippen LogP contribution is -2.21. The number of hydrazone groups is 1. The molecule has 1 aliphatic heterocycles. The van der Waals surface area contributed by atoms with E-state index in [1.807, 2.05) is 84.9 Å². The number of ether oxygens (including phenoxy) is 1. The van der Waals surface area contributed by atoms with Crippen molar-refractivity contribution in [2.75, 3.05) is 6.61 Å². The Labute approximate surface area is 146 Å². The number of hydrogen-bond acceptors (Lipinski definition) is 4. The smallest absolute Gasteiger partial charge is 0.154 e. The second-order valence-corrected chi connectivity index (χ2v) is 5.62. The summed E-state index contributed by atoms with van der Waals surface area (Å²) in [6.07, 6.45) is 0. The molecule has 4 heteroatoms. The van der Waals surface area contributed by atoms with Crippen LogP contribution in [0.5, 0.6) is 5.75 Å². The van der Waals surface area contributed by atoms with Gasteiger partial charge in [0.2, 0.25) is 0 Å². The van der Waals surface area contributed by atoms with Crippen LogP contribution in [0.1, 0.15) is 11.1 Å². The Kier molecular flexibility index (Phi) is 4.25. The zero-order valence-electron chi connectivity index (χ0n) is 13.6. The largest absolute Gasteiger partial charge is 0.487 e. The van der Waals surface area contributed by atoms with Gasteiger partial charge in [0.1, 0.15) is 18.1 Å². The normalized spacial score (nSPS) is 13.0. The molecule has 3 aromatic rings. The first-order valence-corrected chi connectivity index (χ1v) is 8.14. The quantitative estimate of drug-likeness (QED) is 0.782. The van der Waals surface area contributed by atoms with E-state index in [1.165, 1.54) is 0 Å². The molecule has 4 rings (SSSR count). The van der Waals surface area contributed by atoms with Crippen LogP contribution >= 0.6 is 0 Å². The van der Waals surface area contributed by atoms with Gasteiger partial charge in [-0.3, -0.25) is 5.43 Å². The molecule has 0 radical (unpaired) electrons. The van der Waals surface area contributed by atoms with Gasteiger partial charge in [0, 0.05) is 11.1 Å². The van der Waals surface area contributed by atoms with E-state index in [-0.39, 0.29) is 0 Å². The Bertz CT molecular complexity index is 918. The molecule has 0 spiro atoms. The first-order valence-electron chi connectivity index (χ1n) is 8.14. The maximum Gasteiger partial charge on any atom is 0.154 e. The van der Waals surface area contributed by atoms with E-state index in [4.69, 9.17) is 9.73 Å². The lowest BCUT2D eigenvalue weighted by Gasteiger charge is -2.09. The number of amidine groups is 1. The molecule has 0 atom stereocenters. The molecular weight excluding hydrogens is 310 g/mol. The summed E-state index contributed by atoms with van der Waals surface area (Å²) < 4.78 is 5.88. The van der Waals surface area contributed by atoms with Gasteiger partial charge in [-0.15, -0.1) is 0 Å². The fraction of sp³-hybridized carbons (Fsp3) is 0.0476. The number of nitrogens with one attached hydrogen (secondary N) is 1. The van der Waals surface area contributed by atoms with Crippen LogP contribution in [-0.2, 0) is 0 Å². The zero-order chi connectivity index (χ0) is 16.9. The Morgan fingerprint density at radius 2 is 1.44 bits per heavy atom. The van der Waals surface area contributed by atoms with Gasteiger partial charge < -0.3 is 4.74 Å². The molecule has 1 heterocycles. The molecular formula is C21H17N3O. The van der Waals surface area contributed by atoms with Crippen LogP contribution < -0.4 is 10.2 Å². The van der Waals surface area contributed by atoms with Crippen LogP contribution in [0, 0.1) is 0 Å². The van der Waals surface area contributed by atoms with Crippen LogP contribution in [-0.4, -0.2) is 18.2 Å². The molecule has 4 nitrogen and oxygen atoms in total. The number of fused-ring (bicyclic) bond motifs is 1. The molecule has 0 fully saturated rings. The molecule has 0 saturated carbocycles. The fourth-order valence-electron chi connectivity index (χ4n) is 2.64. The summed E-state index contributed by atoms with van der Waals surface area (Å²) in [7, 11) is 0. The van der Waals surface area contributed by atoms with Gasteiger partial charge in [0.15, 0.2) is 5.84 Å². The van der Waals surface area contributed by atoms with Gasteiger partial charge >= 0.3 is 0 Å². The van der Waals surface area contributed by atoms with Crippen molar-refractivity contribution in [2.45, 2.75) is 0 Å². The van der Waals surface area contributed by atoms with Crippen molar-refractivity contribution < 1.29 is 4.74 Å². The molecule has 0 bridgehead atoms. The summed E-state index contributed by atoms with van der Waals surface area (Å²) in [5.41, 5.74) is 6.74. The van der Waals surface area contributed by atoms with Crippen molar-refractivity contribution in [2.24, 2.45) is 10.1 Å². The number of rotatable bonds is 4. The van der Waals surface area contributed by atoms with E-state index < -0.39 is 0 Å². The number of benzene rings is 3. The van der Waals surface area contributed by atoms with Crippen LogP contribution in [0.3, 0.4) is 0 Å². The number of hydrogen-bond donors (Lipinski definition) is 1. The third-order valence-electron chi connectivity index (χ3n) is 3.91. The first-order chi connectivity index (χ1) is 12.4. The minimum absolute atomic E-state index is 0.367. The number of para-hydroxylation sites is 2. The molecule has 0 aliphatic carbocycles. The standard InChI is InChI=1S/C21H17N3O/c1-3-9-16(10-4-1)21-22-19-14-8-7-13-18(19)20(23-24-21)15-25-17-11-5-2-6-12-17/h1-14H,15H2,(H,22,24). The van der Waals surface area contributed by atoms with E-state index in [0.29, 0.717) is 6.61 Å². The predicted molar refractivity (Wildman–Crippen MR) is 101 cm³/mol. The highest BCUT2D eigenvalue weighted by atomic mass is 16.5. The first kappa shape index (κ1) is 15.1. The van der Waals surface area contributed by atoms with Crippen molar-refractivity contribution in [1.82, 2.24) is 5.43 Å². The van der Waals surface area contributed by atoms with E-state index in [9.17, 15) is 0 Å². The molecule has 1 N–H and O–H groups in total. The van der Waals surface area contributed by atoms with Crippen LogP contribution in [0.15, 0.2) is 95.0 Å². The Hall–Kier alpha value is -3.40. The van der Waals surface area contributed by atoms with E-state index in [1.54, 1.807) is 0 Å². The molecule has 3 aromatic carbocycles. The third-order valence-corrected chi connectivity index (χ3v) is 3.91. The summed E-state index contributed by atoms with van der Waals surface area (Å²) >= 11 is 0. The Morgan fingerprint density at radius 3 is 2.24 bits per heavy atom. The van der Waals surface area contributed by atoms with Crippen LogP contribution in [0.2, 0.25) is 0 Å². The molecule has 25 heavy (non-hydrogen) atoms. The lowest BCUT2D eigenvalue weighted by molar-refractivity contribution is 0.376. The van der Waals surface area contributed by atoms with Gasteiger partial charge in [-0.1, -0.05) is 66.7 Å². The maximum atomic E-state index is 5.88. The van der Waals surface area contributed by atoms with Crippen LogP contribution in [0.25, 0.3) is 0 Å². The highest BCUT2D eigenvalue weighted by Gasteiger charge is 2.15. The predicted octanol–water partition coefficient (Wildman–Crippen LogP) is 4.15. The number of nitrogens with zero attached hydrogens (tertiary/aromatic N) is 2. The monoisotopic (exact) mass is 327 g/mol. The van der Waals surface area contributed by atoms with Crippen molar-refractivity contribution in [3.63, 3.8) is 0 Å². The lowest BCUT2D eigenvalue weighted by atomic mass is 10.1. The molecule has 0 amide bonds.